The van der Waals surface area contributed by atoms with Gasteiger partial charge in [0.2, 0.25) is 0 Å². The van der Waals surface area contributed by atoms with Gasteiger partial charge < -0.3 is 9.64 Å². The maximum absolute atomic E-state index is 11.7. The molecule has 4 nitrogen and oxygen atoms in total. The molecule has 0 aliphatic carbocycles. The zero-order valence-electron chi connectivity index (χ0n) is 10.1. The highest BCUT2D eigenvalue weighted by Gasteiger charge is 2.11. The Labute approximate surface area is 101 Å². The number of hydrogen-bond acceptors (Lipinski definition) is 3. The van der Waals surface area contributed by atoms with E-state index in [1.807, 2.05) is 19.9 Å². The maximum Gasteiger partial charge on any atom is 0.260 e. The topological polar surface area (TPSA) is 53.3 Å². The van der Waals surface area contributed by atoms with E-state index in [9.17, 15) is 4.79 Å². The summed E-state index contributed by atoms with van der Waals surface area (Å²) in [4.78, 5) is 13.4. The third-order valence-corrected chi connectivity index (χ3v) is 2.47. The van der Waals surface area contributed by atoms with Crippen molar-refractivity contribution in [2.24, 2.45) is 0 Å². The van der Waals surface area contributed by atoms with E-state index >= 15 is 0 Å². The van der Waals surface area contributed by atoms with Gasteiger partial charge in [-0.1, -0.05) is 12.1 Å². The van der Waals surface area contributed by atoms with Crippen molar-refractivity contribution in [1.29, 1.82) is 5.26 Å². The van der Waals surface area contributed by atoms with Gasteiger partial charge in [-0.25, -0.2) is 0 Å². The Hall–Kier alpha value is -2.02. The van der Waals surface area contributed by atoms with E-state index in [0.29, 0.717) is 24.4 Å². The van der Waals surface area contributed by atoms with Crippen molar-refractivity contribution in [3.63, 3.8) is 0 Å². The first-order chi connectivity index (χ1) is 8.22. The maximum atomic E-state index is 11.7. The Bertz CT molecular complexity index is 420. The molecule has 0 aliphatic heterocycles. The Balaban J connectivity index is 2.62. The van der Waals surface area contributed by atoms with Gasteiger partial charge in [-0.15, -0.1) is 0 Å². The molecule has 0 spiro atoms. The number of hydrogen-bond donors (Lipinski definition) is 0. The first-order valence-electron chi connectivity index (χ1n) is 5.62. The molecule has 0 N–H and O–H groups in total. The predicted octanol–water partition coefficient (Wildman–Crippen LogP) is 1.81. The van der Waals surface area contributed by atoms with Gasteiger partial charge in [0.15, 0.2) is 6.61 Å². The number of benzene rings is 1. The average Bonchev–Trinajstić information content (AvgIpc) is 2.38. The molecule has 0 saturated carbocycles. The summed E-state index contributed by atoms with van der Waals surface area (Å²) in [7, 11) is 0. The van der Waals surface area contributed by atoms with E-state index in [1.165, 1.54) is 0 Å². The number of likely N-dealkylation sites (N-methyl/N-ethyl adjacent to an activating group) is 1. The second-order valence-electron chi connectivity index (χ2n) is 3.46. The summed E-state index contributed by atoms with van der Waals surface area (Å²) in [5, 5.41) is 8.86. The number of nitriles is 1. The third kappa shape index (κ3) is 3.49. The van der Waals surface area contributed by atoms with E-state index < -0.39 is 0 Å². The third-order valence-electron chi connectivity index (χ3n) is 2.47. The fourth-order valence-corrected chi connectivity index (χ4v) is 1.49. The number of ether oxygens (including phenoxy) is 1. The second-order valence-corrected chi connectivity index (χ2v) is 3.46. The van der Waals surface area contributed by atoms with Crippen LogP contribution < -0.4 is 4.74 Å². The van der Waals surface area contributed by atoms with Crippen molar-refractivity contribution < 1.29 is 9.53 Å². The first kappa shape index (κ1) is 13.0. The molecule has 1 amide bonds. The minimum Gasteiger partial charge on any atom is -0.482 e. The van der Waals surface area contributed by atoms with Crippen LogP contribution in [-0.4, -0.2) is 30.5 Å². The molecule has 4 heteroatoms. The van der Waals surface area contributed by atoms with Crippen LogP contribution >= 0.6 is 0 Å². The van der Waals surface area contributed by atoms with E-state index in [2.05, 4.69) is 0 Å². The highest BCUT2D eigenvalue weighted by atomic mass is 16.5. The molecule has 1 aromatic carbocycles. The standard InChI is InChI=1S/C13H16N2O2/c1-3-15(4-2)13(16)10-17-12-8-6-5-7-11(12)9-14/h5-8H,3-4,10H2,1-2H3. The zero-order chi connectivity index (χ0) is 12.7. The van der Waals surface area contributed by atoms with Gasteiger partial charge in [0.1, 0.15) is 11.8 Å². The number of amides is 1. The van der Waals surface area contributed by atoms with Crippen molar-refractivity contribution in [2.75, 3.05) is 19.7 Å². The Morgan fingerprint density at radius 3 is 2.59 bits per heavy atom. The van der Waals surface area contributed by atoms with E-state index in [-0.39, 0.29) is 12.5 Å². The summed E-state index contributed by atoms with van der Waals surface area (Å²) in [6.07, 6.45) is 0. The SMILES string of the molecule is CCN(CC)C(=O)COc1ccccc1C#N. The molecule has 1 aromatic rings. The van der Waals surface area contributed by atoms with Crippen molar-refractivity contribution in [3.05, 3.63) is 29.8 Å². The smallest absolute Gasteiger partial charge is 0.260 e. The van der Waals surface area contributed by atoms with Gasteiger partial charge in [-0.05, 0) is 26.0 Å². The molecule has 0 aliphatic rings. The summed E-state index contributed by atoms with van der Waals surface area (Å²) in [5.74, 6) is 0.387. The molecular weight excluding hydrogens is 216 g/mol. The second kappa shape index (κ2) is 6.54. The molecule has 0 heterocycles. The highest BCUT2D eigenvalue weighted by Crippen LogP contribution is 2.16. The molecule has 0 radical (unpaired) electrons. The van der Waals surface area contributed by atoms with E-state index in [1.54, 1.807) is 29.2 Å². The van der Waals surface area contributed by atoms with Gasteiger partial charge in [-0.2, -0.15) is 5.26 Å². The fourth-order valence-electron chi connectivity index (χ4n) is 1.49. The molecule has 0 atom stereocenters. The average molecular weight is 232 g/mol. The zero-order valence-corrected chi connectivity index (χ0v) is 10.1. The van der Waals surface area contributed by atoms with Crippen molar-refractivity contribution >= 4 is 5.91 Å². The Morgan fingerprint density at radius 1 is 1.35 bits per heavy atom. The first-order valence-corrected chi connectivity index (χ1v) is 5.62. The molecule has 1 rings (SSSR count). The van der Waals surface area contributed by atoms with Crippen molar-refractivity contribution in [3.8, 4) is 11.8 Å². The summed E-state index contributed by atoms with van der Waals surface area (Å²) in [6, 6.07) is 8.92. The molecule has 0 fully saturated rings. The quantitative estimate of drug-likeness (QED) is 0.778. The molecule has 0 bridgehead atoms. The van der Waals surface area contributed by atoms with Crippen LogP contribution in [0, 0.1) is 11.3 Å². The minimum absolute atomic E-state index is 0.0274. The van der Waals surface area contributed by atoms with Crippen LogP contribution in [0.3, 0.4) is 0 Å². The van der Waals surface area contributed by atoms with Crippen LogP contribution in [0.25, 0.3) is 0 Å². The number of carbonyl (C=O) groups excluding carboxylic acids is 1. The monoisotopic (exact) mass is 232 g/mol. The van der Waals surface area contributed by atoms with Crippen LogP contribution in [0.4, 0.5) is 0 Å². The van der Waals surface area contributed by atoms with Crippen LogP contribution in [0.1, 0.15) is 19.4 Å². The summed E-state index contributed by atoms with van der Waals surface area (Å²) >= 11 is 0. The van der Waals surface area contributed by atoms with Gasteiger partial charge in [-0.3, -0.25) is 4.79 Å². The van der Waals surface area contributed by atoms with Gasteiger partial charge in [0.05, 0.1) is 5.56 Å². The lowest BCUT2D eigenvalue weighted by molar-refractivity contribution is -0.132. The number of carbonyl (C=O) groups is 1. The normalized spacial score (nSPS) is 9.47. The number of rotatable bonds is 5. The van der Waals surface area contributed by atoms with E-state index in [4.69, 9.17) is 10.00 Å². The molecule has 0 unspecified atom stereocenters. The minimum atomic E-state index is -0.0669. The Morgan fingerprint density at radius 2 is 2.00 bits per heavy atom. The predicted molar refractivity (Wildman–Crippen MR) is 64.6 cm³/mol. The summed E-state index contributed by atoms with van der Waals surface area (Å²) in [6.45, 7) is 5.15. The van der Waals surface area contributed by atoms with E-state index in [0.717, 1.165) is 0 Å². The van der Waals surface area contributed by atoms with Crippen LogP contribution in [0.5, 0.6) is 5.75 Å². The molecule has 17 heavy (non-hydrogen) atoms. The van der Waals surface area contributed by atoms with Gasteiger partial charge in [0.25, 0.3) is 5.91 Å². The Kier molecular flexibility index (Phi) is 5.02. The van der Waals surface area contributed by atoms with Crippen molar-refractivity contribution in [1.82, 2.24) is 4.90 Å². The largest absolute Gasteiger partial charge is 0.482 e. The molecule has 0 saturated heterocycles. The highest BCUT2D eigenvalue weighted by molar-refractivity contribution is 5.77. The number of para-hydroxylation sites is 1. The number of nitrogens with zero attached hydrogens (tertiary/aromatic N) is 2. The van der Waals surface area contributed by atoms with Crippen LogP contribution in [0.2, 0.25) is 0 Å². The summed E-state index contributed by atoms with van der Waals surface area (Å²) < 4.78 is 5.36. The van der Waals surface area contributed by atoms with Crippen molar-refractivity contribution in [2.45, 2.75) is 13.8 Å². The van der Waals surface area contributed by atoms with Crippen LogP contribution in [-0.2, 0) is 4.79 Å². The lowest BCUT2D eigenvalue weighted by atomic mass is 10.2. The molecular formula is C13H16N2O2. The van der Waals surface area contributed by atoms with Gasteiger partial charge in [0, 0.05) is 13.1 Å². The lowest BCUT2D eigenvalue weighted by Gasteiger charge is -2.18. The van der Waals surface area contributed by atoms with Crippen LogP contribution in [0.15, 0.2) is 24.3 Å². The lowest BCUT2D eigenvalue weighted by Crippen LogP contribution is -2.34. The molecule has 90 valence electrons. The van der Waals surface area contributed by atoms with Gasteiger partial charge >= 0.3 is 0 Å². The fraction of sp³-hybridized carbons (Fsp3) is 0.385. The summed E-state index contributed by atoms with van der Waals surface area (Å²) in [5.41, 5.74) is 0.444. The molecule has 0 aromatic heterocycles.